The summed E-state index contributed by atoms with van der Waals surface area (Å²) in [5, 5.41) is 16.6. The Morgan fingerprint density at radius 1 is 1.00 bits per heavy atom. The van der Waals surface area contributed by atoms with E-state index < -0.39 is 10.8 Å². The van der Waals surface area contributed by atoms with Crippen LogP contribution in [-0.2, 0) is 0 Å². The average Bonchev–Trinajstić information content (AvgIpc) is 3.25. The summed E-state index contributed by atoms with van der Waals surface area (Å²) < 4.78 is 0. The number of amides is 1. The summed E-state index contributed by atoms with van der Waals surface area (Å²) in [6, 6.07) is 18.7. The molecule has 0 saturated heterocycles. The Balaban J connectivity index is 1.58. The Kier molecular flexibility index (Phi) is 5.08. The van der Waals surface area contributed by atoms with E-state index >= 15 is 0 Å². The molecule has 8 heteroatoms. The summed E-state index contributed by atoms with van der Waals surface area (Å²) in [6.07, 6.45) is 1.72. The van der Waals surface area contributed by atoms with Crippen molar-refractivity contribution >= 4 is 28.6 Å². The zero-order valence-corrected chi connectivity index (χ0v) is 15.8. The maximum atomic E-state index is 12.5. The van der Waals surface area contributed by atoms with Crippen molar-refractivity contribution < 1.29 is 9.72 Å². The largest absolute Gasteiger partial charge is 0.322 e. The van der Waals surface area contributed by atoms with Gasteiger partial charge >= 0.3 is 0 Å². The molecule has 0 bridgehead atoms. The van der Waals surface area contributed by atoms with Crippen LogP contribution in [0.25, 0.3) is 22.0 Å². The molecular weight excluding hydrogens is 388 g/mol. The Morgan fingerprint density at radius 3 is 2.62 bits per heavy atom. The van der Waals surface area contributed by atoms with Crippen molar-refractivity contribution in [2.24, 2.45) is 0 Å². The van der Waals surface area contributed by atoms with Gasteiger partial charge in [-0.05, 0) is 30.3 Å². The molecule has 142 valence electrons. The molecule has 4 aromatic rings. The lowest BCUT2D eigenvalue weighted by molar-refractivity contribution is -0.385. The second kappa shape index (κ2) is 7.99. The van der Waals surface area contributed by atoms with Crippen LogP contribution in [0, 0.1) is 10.1 Å². The summed E-state index contributed by atoms with van der Waals surface area (Å²) in [6.45, 7) is 0. The van der Waals surface area contributed by atoms with E-state index in [0.29, 0.717) is 5.69 Å². The molecule has 2 heterocycles. The molecule has 0 radical (unpaired) electrons. The van der Waals surface area contributed by atoms with Crippen LogP contribution in [0.1, 0.15) is 10.4 Å². The van der Waals surface area contributed by atoms with Gasteiger partial charge < -0.3 is 5.32 Å². The summed E-state index contributed by atoms with van der Waals surface area (Å²) in [4.78, 5) is 32.0. The van der Waals surface area contributed by atoms with Crippen LogP contribution in [0.15, 0.2) is 78.3 Å². The Bertz CT molecular complexity index is 1190. The fourth-order valence-corrected chi connectivity index (χ4v) is 3.60. The third-order valence-corrected chi connectivity index (χ3v) is 5.01. The van der Waals surface area contributed by atoms with Crippen LogP contribution in [0.4, 0.5) is 11.4 Å². The Morgan fingerprint density at radius 2 is 1.83 bits per heavy atom. The van der Waals surface area contributed by atoms with Crippen molar-refractivity contribution in [1.82, 2.24) is 9.97 Å². The summed E-state index contributed by atoms with van der Waals surface area (Å²) in [5.74, 6) is -0.540. The van der Waals surface area contributed by atoms with Gasteiger partial charge in [0, 0.05) is 28.9 Å². The van der Waals surface area contributed by atoms with Crippen molar-refractivity contribution in [3.63, 3.8) is 0 Å². The zero-order chi connectivity index (χ0) is 20.2. The summed E-state index contributed by atoms with van der Waals surface area (Å²) >= 11 is 1.48. The lowest BCUT2D eigenvalue weighted by Gasteiger charge is -2.07. The number of pyridine rings is 1. The fourth-order valence-electron chi connectivity index (χ4n) is 2.79. The number of anilines is 1. The molecule has 0 aliphatic rings. The number of nitro groups is 1. The number of thiazole rings is 1. The van der Waals surface area contributed by atoms with Crippen molar-refractivity contribution in [2.45, 2.75) is 0 Å². The van der Waals surface area contributed by atoms with Gasteiger partial charge in [-0.2, -0.15) is 0 Å². The van der Waals surface area contributed by atoms with Crippen LogP contribution in [0.3, 0.4) is 0 Å². The molecule has 1 N–H and O–H groups in total. The third-order valence-electron chi connectivity index (χ3n) is 4.15. The lowest BCUT2D eigenvalue weighted by Crippen LogP contribution is -2.13. The second-order valence-electron chi connectivity index (χ2n) is 6.06. The highest BCUT2D eigenvalue weighted by atomic mass is 32.1. The van der Waals surface area contributed by atoms with Crippen LogP contribution in [0.2, 0.25) is 0 Å². The molecule has 0 aliphatic heterocycles. The lowest BCUT2D eigenvalue weighted by atomic mass is 10.1. The molecule has 0 atom stereocenters. The standard InChI is InChI=1S/C21H14N4O3S/c26-20(16-8-1-2-10-19(16)25(27)28)23-15-7-5-6-14(12-15)18-13-29-21(24-18)17-9-3-4-11-22-17/h1-13H,(H,23,26). The fraction of sp³-hybridized carbons (Fsp3) is 0. The van der Waals surface area contributed by atoms with Crippen LogP contribution in [0.5, 0.6) is 0 Å². The van der Waals surface area contributed by atoms with E-state index in [1.807, 2.05) is 29.6 Å². The van der Waals surface area contributed by atoms with E-state index in [0.717, 1.165) is 22.0 Å². The van der Waals surface area contributed by atoms with Crippen LogP contribution < -0.4 is 5.32 Å². The summed E-state index contributed by atoms with van der Waals surface area (Å²) in [7, 11) is 0. The number of nitro benzene ring substituents is 1. The third kappa shape index (κ3) is 4.02. The number of hydrogen-bond acceptors (Lipinski definition) is 6. The van der Waals surface area contributed by atoms with Gasteiger partial charge in [0.1, 0.15) is 10.6 Å². The molecule has 2 aromatic heterocycles. The molecular formula is C21H14N4O3S. The number of nitrogens with zero attached hydrogens (tertiary/aromatic N) is 3. The van der Waals surface area contributed by atoms with Gasteiger partial charge in [0.15, 0.2) is 0 Å². The molecule has 0 spiro atoms. The van der Waals surface area contributed by atoms with E-state index in [-0.39, 0.29) is 11.3 Å². The zero-order valence-electron chi connectivity index (χ0n) is 15.0. The van der Waals surface area contributed by atoms with E-state index in [1.54, 1.807) is 30.5 Å². The first-order valence-corrected chi connectivity index (χ1v) is 9.52. The van der Waals surface area contributed by atoms with Crippen LogP contribution >= 0.6 is 11.3 Å². The number of hydrogen-bond donors (Lipinski definition) is 1. The van der Waals surface area contributed by atoms with E-state index in [2.05, 4.69) is 15.3 Å². The number of carbonyl (C=O) groups is 1. The van der Waals surface area contributed by atoms with Gasteiger partial charge in [-0.15, -0.1) is 11.3 Å². The van der Waals surface area contributed by atoms with Gasteiger partial charge in [0.2, 0.25) is 0 Å². The minimum absolute atomic E-state index is 0.00833. The van der Waals surface area contributed by atoms with Gasteiger partial charge in [-0.1, -0.05) is 30.3 Å². The first kappa shape index (κ1) is 18.5. The maximum Gasteiger partial charge on any atom is 0.282 e. The SMILES string of the molecule is O=C(Nc1cccc(-c2csc(-c3ccccn3)n2)c1)c1ccccc1[N+](=O)[O-]. The molecule has 7 nitrogen and oxygen atoms in total. The minimum Gasteiger partial charge on any atom is -0.322 e. The number of rotatable bonds is 5. The van der Waals surface area contributed by atoms with E-state index in [9.17, 15) is 14.9 Å². The van der Waals surface area contributed by atoms with Gasteiger partial charge in [0.25, 0.3) is 11.6 Å². The van der Waals surface area contributed by atoms with Crippen molar-refractivity contribution in [1.29, 1.82) is 0 Å². The molecule has 0 unspecified atom stereocenters. The molecule has 1 amide bonds. The first-order chi connectivity index (χ1) is 14.1. The number of aromatic nitrogens is 2. The highest BCUT2D eigenvalue weighted by Gasteiger charge is 2.19. The molecule has 0 fully saturated rings. The van der Waals surface area contributed by atoms with E-state index in [1.165, 1.54) is 29.5 Å². The first-order valence-electron chi connectivity index (χ1n) is 8.64. The highest BCUT2D eigenvalue weighted by Crippen LogP contribution is 2.29. The normalized spacial score (nSPS) is 10.5. The average molecular weight is 402 g/mol. The smallest absolute Gasteiger partial charge is 0.282 e. The monoisotopic (exact) mass is 402 g/mol. The number of para-hydroxylation sites is 1. The van der Waals surface area contributed by atoms with E-state index in [4.69, 9.17) is 0 Å². The molecule has 29 heavy (non-hydrogen) atoms. The van der Waals surface area contributed by atoms with Crippen molar-refractivity contribution in [2.75, 3.05) is 5.32 Å². The quantitative estimate of drug-likeness (QED) is 0.373. The summed E-state index contributed by atoms with van der Waals surface area (Å²) in [5.41, 5.74) is 2.68. The number of nitrogens with one attached hydrogen (secondary N) is 1. The van der Waals surface area contributed by atoms with Crippen molar-refractivity contribution in [3.05, 3.63) is 94.0 Å². The van der Waals surface area contributed by atoms with Crippen LogP contribution in [-0.4, -0.2) is 20.8 Å². The minimum atomic E-state index is -0.570. The predicted molar refractivity (Wildman–Crippen MR) is 112 cm³/mol. The topological polar surface area (TPSA) is 98.0 Å². The predicted octanol–water partition coefficient (Wildman–Crippen LogP) is 5.03. The number of benzene rings is 2. The maximum absolute atomic E-state index is 12.5. The molecule has 4 rings (SSSR count). The van der Waals surface area contributed by atoms with Gasteiger partial charge in [-0.25, -0.2) is 4.98 Å². The van der Waals surface area contributed by atoms with Crippen molar-refractivity contribution in [3.8, 4) is 22.0 Å². The molecule has 2 aromatic carbocycles. The Labute approximate surface area is 169 Å². The number of carbonyl (C=O) groups excluding carboxylic acids is 1. The molecule has 0 aliphatic carbocycles. The van der Waals surface area contributed by atoms with Gasteiger partial charge in [-0.3, -0.25) is 19.9 Å². The second-order valence-corrected chi connectivity index (χ2v) is 6.92. The molecule has 0 saturated carbocycles. The highest BCUT2D eigenvalue weighted by molar-refractivity contribution is 7.13. The van der Waals surface area contributed by atoms with Gasteiger partial charge in [0.05, 0.1) is 16.3 Å². The Hall–Kier alpha value is -3.91.